The lowest BCUT2D eigenvalue weighted by molar-refractivity contribution is -0.122. The van der Waals surface area contributed by atoms with Crippen molar-refractivity contribution >= 4 is 34.8 Å². The van der Waals surface area contributed by atoms with Gasteiger partial charge in [0.15, 0.2) is 0 Å². The molecule has 124 valence electrons. The molecule has 2 aromatic rings. The fourth-order valence-corrected chi connectivity index (χ4v) is 2.97. The van der Waals surface area contributed by atoms with Crippen molar-refractivity contribution in [2.45, 2.75) is 6.42 Å². The third kappa shape index (κ3) is 3.36. The number of benzene rings is 2. The Bertz CT molecular complexity index is 778. The van der Waals surface area contributed by atoms with E-state index in [-0.39, 0.29) is 18.2 Å². The van der Waals surface area contributed by atoms with Gasteiger partial charge < -0.3 is 15.0 Å². The molecule has 5 nitrogen and oxygen atoms in total. The van der Waals surface area contributed by atoms with Crippen molar-refractivity contribution in [3.63, 3.8) is 0 Å². The topological polar surface area (TPSA) is 58.6 Å². The third-order valence-corrected chi connectivity index (χ3v) is 4.20. The second kappa shape index (κ2) is 6.93. The van der Waals surface area contributed by atoms with Gasteiger partial charge in [-0.2, -0.15) is 0 Å². The van der Waals surface area contributed by atoms with Crippen molar-refractivity contribution in [1.82, 2.24) is 0 Å². The van der Waals surface area contributed by atoms with E-state index in [2.05, 4.69) is 5.32 Å². The second-order valence-corrected chi connectivity index (χ2v) is 6.01. The van der Waals surface area contributed by atoms with E-state index in [0.29, 0.717) is 28.7 Å². The number of carbonyl (C=O) groups excluding carboxylic acids is 2. The Morgan fingerprint density at radius 1 is 1.25 bits per heavy atom. The molecular formula is C18H17ClN2O3. The predicted octanol–water partition coefficient (Wildman–Crippen LogP) is 3.34. The zero-order valence-corrected chi connectivity index (χ0v) is 13.9. The van der Waals surface area contributed by atoms with Crippen LogP contribution >= 0.6 is 11.6 Å². The molecule has 0 bridgehead atoms. The van der Waals surface area contributed by atoms with E-state index in [1.807, 2.05) is 18.2 Å². The summed E-state index contributed by atoms with van der Waals surface area (Å²) in [5, 5.41) is 3.36. The fourth-order valence-electron chi connectivity index (χ4n) is 2.78. The van der Waals surface area contributed by atoms with E-state index >= 15 is 0 Å². The molecule has 2 amide bonds. The maximum atomic E-state index is 12.4. The highest BCUT2D eigenvalue weighted by atomic mass is 35.5. The van der Waals surface area contributed by atoms with E-state index in [0.717, 1.165) is 0 Å². The molecule has 1 N–H and O–H groups in total. The fraction of sp³-hybridized carbons (Fsp3) is 0.222. The number of rotatable bonds is 4. The molecule has 6 heteroatoms. The molecule has 0 saturated carbocycles. The van der Waals surface area contributed by atoms with Crippen molar-refractivity contribution < 1.29 is 14.3 Å². The maximum Gasteiger partial charge on any atom is 0.229 e. The zero-order chi connectivity index (χ0) is 17.1. The van der Waals surface area contributed by atoms with Crippen LogP contribution in [0.5, 0.6) is 5.75 Å². The Morgan fingerprint density at radius 2 is 2.04 bits per heavy atom. The maximum absolute atomic E-state index is 12.4. The lowest BCUT2D eigenvalue weighted by Gasteiger charge is -2.19. The van der Waals surface area contributed by atoms with E-state index in [1.54, 1.807) is 42.3 Å². The largest absolute Gasteiger partial charge is 0.495 e. The summed E-state index contributed by atoms with van der Waals surface area (Å²) >= 11 is 5.92. The van der Waals surface area contributed by atoms with Crippen LogP contribution in [0.15, 0.2) is 48.5 Å². The van der Waals surface area contributed by atoms with Crippen molar-refractivity contribution in [1.29, 1.82) is 0 Å². The molecule has 1 unspecified atom stereocenters. The van der Waals surface area contributed by atoms with Crippen LogP contribution in [0.2, 0.25) is 5.02 Å². The van der Waals surface area contributed by atoms with Crippen LogP contribution < -0.4 is 15.0 Å². The summed E-state index contributed by atoms with van der Waals surface area (Å²) in [4.78, 5) is 26.4. The summed E-state index contributed by atoms with van der Waals surface area (Å²) in [6.45, 7) is 0.325. The average molecular weight is 345 g/mol. The first-order chi connectivity index (χ1) is 11.6. The van der Waals surface area contributed by atoms with E-state index in [9.17, 15) is 9.59 Å². The van der Waals surface area contributed by atoms with E-state index < -0.39 is 5.92 Å². The number of anilines is 2. The van der Waals surface area contributed by atoms with Gasteiger partial charge in [0.25, 0.3) is 0 Å². The first-order valence-electron chi connectivity index (χ1n) is 7.58. The highest BCUT2D eigenvalue weighted by molar-refractivity contribution is 6.30. The van der Waals surface area contributed by atoms with Gasteiger partial charge in [0.05, 0.1) is 18.7 Å². The van der Waals surface area contributed by atoms with Crippen molar-refractivity contribution in [2.75, 3.05) is 23.9 Å². The Kier molecular flexibility index (Phi) is 4.71. The molecule has 3 rings (SSSR count). The lowest BCUT2D eigenvalue weighted by Crippen LogP contribution is -2.28. The molecule has 2 aromatic carbocycles. The first kappa shape index (κ1) is 16.3. The number of ether oxygens (including phenoxy) is 1. The SMILES string of the molecule is COc1ccccc1N1CC(C(=O)Nc2cccc(Cl)c2)CC1=O. The molecule has 24 heavy (non-hydrogen) atoms. The number of nitrogens with zero attached hydrogens (tertiary/aromatic N) is 1. The van der Waals surface area contributed by atoms with E-state index in [1.165, 1.54) is 0 Å². The number of carbonyl (C=O) groups is 2. The summed E-state index contributed by atoms with van der Waals surface area (Å²) in [7, 11) is 1.56. The van der Waals surface area contributed by atoms with Gasteiger partial charge in [-0.3, -0.25) is 9.59 Å². The Hall–Kier alpha value is -2.53. The summed E-state index contributed by atoms with van der Waals surface area (Å²) < 4.78 is 5.30. The molecule has 0 aliphatic carbocycles. The predicted molar refractivity (Wildman–Crippen MR) is 93.5 cm³/mol. The van der Waals surface area contributed by atoms with Crippen molar-refractivity contribution in [3.8, 4) is 5.75 Å². The quantitative estimate of drug-likeness (QED) is 0.925. The third-order valence-electron chi connectivity index (χ3n) is 3.96. The van der Waals surface area contributed by atoms with Gasteiger partial charge in [0, 0.05) is 23.7 Å². The van der Waals surface area contributed by atoms with Gasteiger partial charge in [0.1, 0.15) is 5.75 Å². The smallest absolute Gasteiger partial charge is 0.229 e. The summed E-state index contributed by atoms with van der Waals surface area (Å²) in [5.74, 6) is -0.0862. The number of para-hydroxylation sites is 2. The van der Waals surface area contributed by atoms with Gasteiger partial charge in [-0.1, -0.05) is 29.8 Å². The summed E-state index contributed by atoms with van der Waals surface area (Å²) in [6, 6.07) is 14.2. The first-order valence-corrected chi connectivity index (χ1v) is 7.96. The molecule has 1 heterocycles. The molecule has 0 aromatic heterocycles. The Morgan fingerprint density at radius 3 is 2.79 bits per heavy atom. The van der Waals surface area contributed by atoms with Gasteiger partial charge in [-0.15, -0.1) is 0 Å². The van der Waals surface area contributed by atoms with E-state index in [4.69, 9.17) is 16.3 Å². The Balaban J connectivity index is 1.73. The summed E-state index contributed by atoms with van der Waals surface area (Å²) in [6.07, 6.45) is 0.171. The second-order valence-electron chi connectivity index (χ2n) is 5.58. The molecule has 1 atom stereocenters. The minimum atomic E-state index is -0.415. The number of hydrogen-bond donors (Lipinski definition) is 1. The Labute approximate surface area is 145 Å². The summed E-state index contributed by atoms with van der Waals surface area (Å²) in [5.41, 5.74) is 1.30. The van der Waals surface area contributed by atoms with Crippen molar-refractivity contribution in [2.24, 2.45) is 5.92 Å². The molecule has 1 saturated heterocycles. The average Bonchev–Trinajstić information content (AvgIpc) is 2.96. The molecular weight excluding hydrogens is 328 g/mol. The normalized spacial score (nSPS) is 17.0. The highest BCUT2D eigenvalue weighted by Gasteiger charge is 2.36. The minimum absolute atomic E-state index is 0.0919. The van der Waals surface area contributed by atoms with Gasteiger partial charge in [0.2, 0.25) is 11.8 Å². The zero-order valence-electron chi connectivity index (χ0n) is 13.2. The minimum Gasteiger partial charge on any atom is -0.495 e. The number of halogens is 1. The molecule has 1 fully saturated rings. The molecule has 1 aliphatic rings. The van der Waals surface area contributed by atoms with Gasteiger partial charge in [-0.25, -0.2) is 0 Å². The number of nitrogens with one attached hydrogen (secondary N) is 1. The van der Waals surface area contributed by atoms with Crippen molar-refractivity contribution in [3.05, 3.63) is 53.6 Å². The van der Waals surface area contributed by atoms with Crippen LogP contribution in [0.25, 0.3) is 0 Å². The van der Waals surface area contributed by atoms with Crippen LogP contribution in [-0.4, -0.2) is 25.5 Å². The van der Waals surface area contributed by atoms with Gasteiger partial charge >= 0.3 is 0 Å². The van der Waals surface area contributed by atoms with Crippen LogP contribution in [0.1, 0.15) is 6.42 Å². The van der Waals surface area contributed by atoms with Crippen LogP contribution in [0.4, 0.5) is 11.4 Å². The highest BCUT2D eigenvalue weighted by Crippen LogP contribution is 2.33. The van der Waals surface area contributed by atoms with Crippen LogP contribution in [-0.2, 0) is 9.59 Å². The number of methoxy groups -OCH3 is 1. The lowest BCUT2D eigenvalue weighted by atomic mass is 10.1. The molecule has 0 radical (unpaired) electrons. The van der Waals surface area contributed by atoms with Crippen LogP contribution in [0, 0.1) is 5.92 Å². The molecule has 0 spiro atoms. The standard InChI is InChI=1S/C18H17ClN2O3/c1-24-16-8-3-2-7-15(16)21-11-12(9-17(21)22)18(23)20-14-6-4-5-13(19)10-14/h2-8,10,12H,9,11H2,1H3,(H,20,23). The molecule has 1 aliphatic heterocycles. The number of hydrogen-bond acceptors (Lipinski definition) is 3. The van der Waals surface area contributed by atoms with Gasteiger partial charge in [-0.05, 0) is 30.3 Å². The monoisotopic (exact) mass is 344 g/mol. The van der Waals surface area contributed by atoms with Crippen LogP contribution in [0.3, 0.4) is 0 Å². The number of amides is 2.